The van der Waals surface area contributed by atoms with Crippen molar-refractivity contribution < 1.29 is 14.3 Å². The summed E-state index contributed by atoms with van der Waals surface area (Å²) in [6.07, 6.45) is 4.03. The van der Waals surface area contributed by atoms with E-state index < -0.39 is 11.9 Å². The fraction of sp³-hybridized carbons (Fsp3) is 0.417. The Bertz CT molecular complexity index is 1260. The lowest BCUT2D eigenvalue weighted by molar-refractivity contribution is -0.116. The molecule has 1 aliphatic rings. The van der Waals surface area contributed by atoms with Crippen molar-refractivity contribution in [3.8, 4) is 0 Å². The number of benzene rings is 1. The quantitative estimate of drug-likeness (QED) is 0.535. The monoisotopic (exact) mass is 468 g/mol. The van der Waals surface area contributed by atoms with Crippen LogP contribution in [0.15, 0.2) is 29.1 Å². The Morgan fingerprint density at radius 1 is 1.21 bits per heavy atom. The molecule has 0 radical (unpaired) electrons. The van der Waals surface area contributed by atoms with Gasteiger partial charge >= 0.3 is 5.97 Å². The molecular formula is C24H28N4O4S. The number of carbonyl (C=O) groups excluding carboxylic acids is 2. The van der Waals surface area contributed by atoms with Gasteiger partial charge in [0.15, 0.2) is 0 Å². The second-order valence-corrected chi connectivity index (χ2v) is 9.45. The summed E-state index contributed by atoms with van der Waals surface area (Å²) in [7, 11) is 3.80. The second-order valence-electron chi connectivity index (χ2n) is 8.36. The maximum absolute atomic E-state index is 13.6. The van der Waals surface area contributed by atoms with E-state index in [0.717, 1.165) is 36.1 Å². The average molecular weight is 469 g/mol. The summed E-state index contributed by atoms with van der Waals surface area (Å²) < 4.78 is 6.55. The van der Waals surface area contributed by atoms with E-state index in [2.05, 4.69) is 5.32 Å². The number of ether oxygens (including phenoxy) is 1. The summed E-state index contributed by atoms with van der Waals surface area (Å²) in [5, 5.41) is 3.42. The molecule has 0 bridgehead atoms. The van der Waals surface area contributed by atoms with Crippen molar-refractivity contribution in [1.29, 1.82) is 0 Å². The maximum atomic E-state index is 13.6. The van der Waals surface area contributed by atoms with Crippen LogP contribution in [-0.2, 0) is 35.5 Å². The molecule has 0 saturated heterocycles. The van der Waals surface area contributed by atoms with E-state index in [9.17, 15) is 14.4 Å². The van der Waals surface area contributed by atoms with Gasteiger partial charge in [0.1, 0.15) is 17.2 Å². The van der Waals surface area contributed by atoms with E-state index in [4.69, 9.17) is 9.72 Å². The zero-order valence-corrected chi connectivity index (χ0v) is 20.0. The molecule has 9 heteroatoms. The van der Waals surface area contributed by atoms with Crippen molar-refractivity contribution in [3.63, 3.8) is 0 Å². The minimum Gasteiger partial charge on any atom is -0.462 e. The van der Waals surface area contributed by atoms with Gasteiger partial charge in [-0.2, -0.15) is 0 Å². The molecule has 0 aliphatic heterocycles. The van der Waals surface area contributed by atoms with E-state index in [1.54, 1.807) is 42.5 Å². The lowest BCUT2D eigenvalue weighted by Crippen LogP contribution is -2.33. The zero-order valence-electron chi connectivity index (χ0n) is 19.1. The van der Waals surface area contributed by atoms with E-state index >= 15 is 0 Å². The number of carbonyl (C=O) groups is 2. The number of hydrogen-bond acceptors (Lipinski definition) is 7. The van der Waals surface area contributed by atoms with Crippen molar-refractivity contribution in [2.24, 2.45) is 0 Å². The first-order valence-corrected chi connectivity index (χ1v) is 11.9. The molecule has 33 heavy (non-hydrogen) atoms. The van der Waals surface area contributed by atoms with Gasteiger partial charge in [-0.1, -0.05) is 12.1 Å². The highest BCUT2D eigenvalue weighted by Gasteiger charge is 2.23. The Morgan fingerprint density at radius 2 is 1.97 bits per heavy atom. The normalized spacial score (nSPS) is 13.2. The zero-order chi connectivity index (χ0) is 23.5. The van der Waals surface area contributed by atoms with Crippen LogP contribution in [0, 0.1) is 0 Å². The van der Waals surface area contributed by atoms with Crippen LogP contribution in [0.2, 0.25) is 0 Å². The SMILES string of the molecule is CCOC(=O)c1ccccc1NC(=O)Cn1c(CN(C)C)nc2sc3c(c2c1=O)CCCC3. The average Bonchev–Trinajstić information content (AvgIpc) is 3.15. The molecule has 2 heterocycles. The first-order valence-electron chi connectivity index (χ1n) is 11.1. The molecule has 0 fully saturated rings. The largest absolute Gasteiger partial charge is 0.462 e. The minimum atomic E-state index is -0.508. The molecule has 3 aromatic rings. The van der Waals surface area contributed by atoms with E-state index in [-0.39, 0.29) is 24.3 Å². The van der Waals surface area contributed by atoms with Gasteiger partial charge in [0.2, 0.25) is 5.91 Å². The Labute approximate surface area is 196 Å². The second kappa shape index (κ2) is 9.84. The lowest BCUT2D eigenvalue weighted by Gasteiger charge is -2.17. The van der Waals surface area contributed by atoms with Gasteiger partial charge in [0.25, 0.3) is 5.56 Å². The summed E-state index contributed by atoms with van der Waals surface area (Å²) in [6, 6.07) is 6.68. The van der Waals surface area contributed by atoms with Crippen LogP contribution in [0.1, 0.15) is 46.4 Å². The molecule has 174 valence electrons. The third-order valence-electron chi connectivity index (χ3n) is 5.61. The smallest absolute Gasteiger partial charge is 0.340 e. The Kier molecular flexibility index (Phi) is 6.90. The number of hydrogen-bond donors (Lipinski definition) is 1. The molecular weight excluding hydrogens is 440 g/mol. The van der Waals surface area contributed by atoms with Gasteiger partial charge in [-0.05, 0) is 64.4 Å². The van der Waals surface area contributed by atoms with Crippen molar-refractivity contribution in [3.05, 3.63) is 56.4 Å². The van der Waals surface area contributed by atoms with Gasteiger partial charge in [-0.25, -0.2) is 9.78 Å². The van der Waals surface area contributed by atoms with Crippen LogP contribution < -0.4 is 10.9 Å². The number of fused-ring (bicyclic) bond motifs is 3. The van der Waals surface area contributed by atoms with Crippen molar-refractivity contribution in [2.75, 3.05) is 26.0 Å². The summed E-state index contributed by atoms with van der Waals surface area (Å²) in [6.45, 7) is 2.21. The Balaban J connectivity index is 1.69. The fourth-order valence-corrected chi connectivity index (χ4v) is 5.43. The summed E-state index contributed by atoms with van der Waals surface area (Å²) in [5.74, 6) is -0.365. The number of anilines is 1. The number of nitrogens with one attached hydrogen (secondary N) is 1. The molecule has 4 rings (SSSR count). The van der Waals surface area contributed by atoms with Crippen molar-refractivity contribution >= 4 is 39.1 Å². The van der Waals surface area contributed by atoms with E-state index in [1.807, 2.05) is 19.0 Å². The molecule has 0 saturated carbocycles. The number of nitrogens with zero attached hydrogens (tertiary/aromatic N) is 3. The number of amides is 1. The van der Waals surface area contributed by atoms with Crippen LogP contribution in [-0.4, -0.2) is 47.0 Å². The molecule has 0 atom stereocenters. The fourth-order valence-electron chi connectivity index (χ4n) is 4.16. The first-order chi connectivity index (χ1) is 15.9. The topological polar surface area (TPSA) is 93.5 Å². The number of rotatable bonds is 7. The number of thiophene rings is 1. The van der Waals surface area contributed by atoms with Gasteiger partial charge in [0, 0.05) is 4.88 Å². The third kappa shape index (κ3) is 4.84. The highest BCUT2D eigenvalue weighted by atomic mass is 32.1. The molecule has 1 aromatic carbocycles. The Morgan fingerprint density at radius 3 is 2.73 bits per heavy atom. The molecule has 2 aromatic heterocycles. The molecule has 1 amide bonds. The standard InChI is InChI=1S/C24H28N4O4S/c1-4-32-24(31)15-9-5-7-11-17(15)25-20(29)14-28-19(13-27(2)3)26-22-21(23(28)30)16-10-6-8-12-18(16)33-22/h5,7,9,11H,4,6,8,10,12-14H2,1-3H3,(H,25,29). The van der Waals surface area contributed by atoms with E-state index in [1.165, 1.54) is 9.44 Å². The molecule has 8 nitrogen and oxygen atoms in total. The van der Waals surface area contributed by atoms with Crippen LogP contribution in [0.4, 0.5) is 5.69 Å². The van der Waals surface area contributed by atoms with Crippen LogP contribution in [0.3, 0.4) is 0 Å². The van der Waals surface area contributed by atoms with Crippen LogP contribution in [0.25, 0.3) is 10.2 Å². The van der Waals surface area contributed by atoms with Gasteiger partial charge in [-0.3, -0.25) is 14.2 Å². The predicted octanol–water partition coefficient (Wildman–Crippen LogP) is 3.21. The van der Waals surface area contributed by atoms with E-state index in [0.29, 0.717) is 23.4 Å². The first kappa shape index (κ1) is 23.1. The summed E-state index contributed by atoms with van der Waals surface area (Å²) in [4.78, 5) is 47.5. The lowest BCUT2D eigenvalue weighted by atomic mass is 9.97. The van der Waals surface area contributed by atoms with Crippen LogP contribution >= 0.6 is 11.3 Å². The highest BCUT2D eigenvalue weighted by Crippen LogP contribution is 2.33. The van der Waals surface area contributed by atoms with Crippen molar-refractivity contribution in [1.82, 2.24) is 14.5 Å². The minimum absolute atomic E-state index is 0.176. The predicted molar refractivity (Wildman–Crippen MR) is 129 cm³/mol. The molecule has 1 N–H and O–H groups in total. The number of aryl methyl sites for hydroxylation is 2. The number of esters is 1. The molecule has 1 aliphatic carbocycles. The summed E-state index contributed by atoms with van der Waals surface area (Å²) in [5.41, 5.74) is 1.54. The third-order valence-corrected chi connectivity index (χ3v) is 6.80. The summed E-state index contributed by atoms with van der Waals surface area (Å²) >= 11 is 1.60. The van der Waals surface area contributed by atoms with Gasteiger partial charge < -0.3 is 15.0 Å². The molecule has 0 spiro atoms. The Hall–Kier alpha value is -3.04. The highest BCUT2D eigenvalue weighted by molar-refractivity contribution is 7.18. The molecule has 0 unspecified atom stereocenters. The van der Waals surface area contributed by atoms with Gasteiger partial charge in [0.05, 0.1) is 29.8 Å². The van der Waals surface area contributed by atoms with Crippen molar-refractivity contribution in [2.45, 2.75) is 45.7 Å². The van der Waals surface area contributed by atoms with Crippen LogP contribution in [0.5, 0.6) is 0 Å². The van der Waals surface area contributed by atoms with Gasteiger partial charge in [-0.15, -0.1) is 11.3 Å². The number of para-hydroxylation sites is 1. The maximum Gasteiger partial charge on any atom is 0.340 e. The number of aromatic nitrogens is 2.